The van der Waals surface area contributed by atoms with Crippen molar-refractivity contribution < 1.29 is 14.7 Å². The van der Waals surface area contributed by atoms with Crippen molar-refractivity contribution in [1.29, 1.82) is 0 Å². The van der Waals surface area contributed by atoms with Crippen molar-refractivity contribution in [3.63, 3.8) is 0 Å². The standard InChI is InChI=1S/C15H20N2O3/c1-10-7-8-11(9-16-10)14(18)17-13-6-4-2-3-5-12(13)15(19)20/h7-9,12-13H,2-6H2,1H3,(H,17,18)(H,19,20)/t12-,13+/m1/s1. The highest BCUT2D eigenvalue weighted by Crippen LogP contribution is 2.24. The molecular weight excluding hydrogens is 256 g/mol. The van der Waals surface area contributed by atoms with Gasteiger partial charge in [-0.15, -0.1) is 0 Å². The monoisotopic (exact) mass is 276 g/mol. The summed E-state index contributed by atoms with van der Waals surface area (Å²) in [5.74, 6) is -1.55. The molecule has 5 nitrogen and oxygen atoms in total. The van der Waals surface area contributed by atoms with Gasteiger partial charge in [0, 0.05) is 17.9 Å². The second-order valence-electron chi connectivity index (χ2n) is 5.35. The van der Waals surface area contributed by atoms with Gasteiger partial charge in [-0.1, -0.05) is 19.3 Å². The molecule has 1 aliphatic rings. The van der Waals surface area contributed by atoms with Crippen molar-refractivity contribution in [3.05, 3.63) is 29.6 Å². The Labute approximate surface area is 118 Å². The number of aliphatic carboxylic acids is 1. The molecule has 0 bridgehead atoms. The number of amides is 1. The Balaban J connectivity index is 2.07. The van der Waals surface area contributed by atoms with E-state index in [0.717, 1.165) is 31.4 Å². The zero-order valence-electron chi connectivity index (χ0n) is 11.6. The number of carboxylic acids is 1. The zero-order chi connectivity index (χ0) is 14.5. The summed E-state index contributed by atoms with van der Waals surface area (Å²) >= 11 is 0. The predicted octanol–water partition coefficient (Wildman–Crippen LogP) is 2.15. The van der Waals surface area contributed by atoms with Crippen LogP contribution in [0.25, 0.3) is 0 Å². The molecule has 1 aromatic rings. The number of hydrogen-bond donors (Lipinski definition) is 2. The predicted molar refractivity (Wildman–Crippen MR) is 74.4 cm³/mol. The number of nitrogens with zero attached hydrogens (tertiary/aromatic N) is 1. The van der Waals surface area contributed by atoms with E-state index in [9.17, 15) is 14.7 Å². The van der Waals surface area contributed by atoms with Gasteiger partial charge in [0.15, 0.2) is 0 Å². The molecule has 0 spiro atoms. The molecule has 1 heterocycles. The van der Waals surface area contributed by atoms with Crippen LogP contribution in [-0.4, -0.2) is 28.0 Å². The normalized spacial score (nSPS) is 22.9. The van der Waals surface area contributed by atoms with Gasteiger partial charge in [0.1, 0.15) is 0 Å². The number of carbonyl (C=O) groups is 2. The summed E-state index contributed by atoms with van der Waals surface area (Å²) in [5.41, 5.74) is 1.32. The molecule has 0 aromatic carbocycles. The SMILES string of the molecule is Cc1ccc(C(=O)N[C@H]2CCCCC[C@H]2C(=O)O)cn1. The molecule has 0 saturated heterocycles. The van der Waals surface area contributed by atoms with E-state index in [4.69, 9.17) is 0 Å². The van der Waals surface area contributed by atoms with Gasteiger partial charge in [0.2, 0.25) is 0 Å². The molecule has 0 aliphatic heterocycles. The van der Waals surface area contributed by atoms with Gasteiger partial charge in [-0.05, 0) is 31.9 Å². The molecule has 2 N–H and O–H groups in total. The summed E-state index contributed by atoms with van der Waals surface area (Å²) in [4.78, 5) is 27.6. The first-order chi connectivity index (χ1) is 9.58. The minimum Gasteiger partial charge on any atom is -0.481 e. The summed E-state index contributed by atoms with van der Waals surface area (Å²) in [6.07, 6.45) is 5.78. The van der Waals surface area contributed by atoms with Crippen molar-refractivity contribution in [1.82, 2.24) is 10.3 Å². The van der Waals surface area contributed by atoms with Crippen LogP contribution in [0.15, 0.2) is 18.3 Å². The van der Waals surface area contributed by atoms with Gasteiger partial charge in [0.25, 0.3) is 5.91 Å². The summed E-state index contributed by atoms with van der Waals surface area (Å²) in [5, 5.41) is 12.2. The van der Waals surface area contributed by atoms with E-state index >= 15 is 0 Å². The van der Waals surface area contributed by atoms with Gasteiger partial charge in [-0.2, -0.15) is 0 Å². The first-order valence-corrected chi connectivity index (χ1v) is 7.04. The molecule has 1 aromatic heterocycles. The maximum atomic E-state index is 12.2. The molecule has 0 unspecified atom stereocenters. The summed E-state index contributed by atoms with van der Waals surface area (Å²) in [6.45, 7) is 1.85. The molecule has 1 aliphatic carbocycles. The molecule has 1 amide bonds. The average molecular weight is 276 g/mol. The van der Waals surface area contributed by atoms with Gasteiger partial charge in [0.05, 0.1) is 11.5 Å². The van der Waals surface area contributed by atoms with Crippen molar-refractivity contribution in [3.8, 4) is 0 Å². The maximum Gasteiger partial charge on any atom is 0.308 e. The maximum absolute atomic E-state index is 12.2. The van der Waals surface area contributed by atoms with Gasteiger partial charge in [-0.25, -0.2) is 0 Å². The van der Waals surface area contributed by atoms with Gasteiger partial charge in [-0.3, -0.25) is 14.6 Å². The van der Waals surface area contributed by atoms with Crippen LogP contribution in [0.2, 0.25) is 0 Å². The number of carboxylic acid groups (broad SMARTS) is 1. The highest BCUT2D eigenvalue weighted by atomic mass is 16.4. The van der Waals surface area contributed by atoms with E-state index in [-0.39, 0.29) is 11.9 Å². The highest BCUT2D eigenvalue weighted by Gasteiger charge is 2.30. The third-order valence-corrected chi connectivity index (χ3v) is 3.82. The van der Waals surface area contributed by atoms with Crippen LogP contribution in [0.4, 0.5) is 0 Å². The van der Waals surface area contributed by atoms with Crippen molar-refractivity contribution in [2.24, 2.45) is 5.92 Å². The highest BCUT2D eigenvalue weighted by molar-refractivity contribution is 5.94. The van der Waals surface area contributed by atoms with Gasteiger partial charge < -0.3 is 10.4 Å². The number of aromatic nitrogens is 1. The summed E-state index contributed by atoms with van der Waals surface area (Å²) in [7, 11) is 0. The first-order valence-electron chi connectivity index (χ1n) is 7.04. The smallest absolute Gasteiger partial charge is 0.308 e. The molecule has 1 fully saturated rings. The van der Waals surface area contributed by atoms with Gasteiger partial charge >= 0.3 is 5.97 Å². The number of aryl methyl sites for hydroxylation is 1. The molecule has 108 valence electrons. The van der Waals surface area contributed by atoms with Crippen LogP contribution >= 0.6 is 0 Å². The minimum atomic E-state index is -0.820. The first kappa shape index (κ1) is 14.5. The fraction of sp³-hybridized carbons (Fsp3) is 0.533. The number of pyridine rings is 1. The Bertz CT molecular complexity index is 484. The van der Waals surface area contributed by atoms with Crippen LogP contribution in [0.1, 0.15) is 48.2 Å². The topological polar surface area (TPSA) is 79.3 Å². The Morgan fingerprint density at radius 1 is 1.25 bits per heavy atom. The largest absolute Gasteiger partial charge is 0.481 e. The molecule has 5 heteroatoms. The van der Waals surface area contributed by atoms with E-state index in [0.29, 0.717) is 12.0 Å². The van der Waals surface area contributed by atoms with E-state index in [2.05, 4.69) is 10.3 Å². The average Bonchev–Trinajstić information content (AvgIpc) is 2.65. The van der Waals surface area contributed by atoms with E-state index < -0.39 is 11.9 Å². The quantitative estimate of drug-likeness (QED) is 0.829. The summed E-state index contributed by atoms with van der Waals surface area (Å²) < 4.78 is 0. The lowest BCUT2D eigenvalue weighted by Gasteiger charge is -2.22. The zero-order valence-corrected chi connectivity index (χ0v) is 11.6. The minimum absolute atomic E-state index is 0.240. The molecule has 0 radical (unpaired) electrons. The summed E-state index contributed by atoms with van der Waals surface area (Å²) in [6, 6.07) is 3.20. The second-order valence-corrected chi connectivity index (χ2v) is 5.35. The Morgan fingerprint density at radius 3 is 2.65 bits per heavy atom. The van der Waals surface area contributed by atoms with Crippen molar-refractivity contribution >= 4 is 11.9 Å². The van der Waals surface area contributed by atoms with Crippen molar-refractivity contribution in [2.45, 2.75) is 45.1 Å². The van der Waals surface area contributed by atoms with Crippen LogP contribution in [0.3, 0.4) is 0 Å². The lowest BCUT2D eigenvalue weighted by molar-refractivity contribution is -0.142. The number of carbonyl (C=O) groups excluding carboxylic acids is 1. The molecule has 2 atom stereocenters. The lowest BCUT2D eigenvalue weighted by atomic mass is 9.94. The van der Waals surface area contributed by atoms with Crippen molar-refractivity contribution in [2.75, 3.05) is 0 Å². The second kappa shape index (κ2) is 6.50. The van der Waals surface area contributed by atoms with E-state index in [1.165, 1.54) is 6.20 Å². The Hall–Kier alpha value is -1.91. The Morgan fingerprint density at radius 2 is 2.00 bits per heavy atom. The molecule has 20 heavy (non-hydrogen) atoms. The fourth-order valence-electron chi connectivity index (χ4n) is 2.63. The molecule has 2 rings (SSSR count). The van der Waals surface area contributed by atoms with Crippen LogP contribution in [-0.2, 0) is 4.79 Å². The molecular formula is C15H20N2O3. The lowest BCUT2D eigenvalue weighted by Crippen LogP contribution is -2.42. The molecule has 1 saturated carbocycles. The van der Waals surface area contributed by atoms with Crippen LogP contribution < -0.4 is 5.32 Å². The number of rotatable bonds is 3. The van der Waals surface area contributed by atoms with Crippen LogP contribution in [0.5, 0.6) is 0 Å². The third kappa shape index (κ3) is 3.56. The number of hydrogen-bond acceptors (Lipinski definition) is 3. The van der Waals surface area contributed by atoms with Crippen LogP contribution in [0, 0.1) is 12.8 Å². The third-order valence-electron chi connectivity index (χ3n) is 3.82. The van der Waals surface area contributed by atoms with E-state index in [1.807, 2.05) is 6.92 Å². The fourth-order valence-corrected chi connectivity index (χ4v) is 2.63. The van der Waals surface area contributed by atoms with E-state index in [1.54, 1.807) is 12.1 Å². The number of nitrogens with one attached hydrogen (secondary N) is 1. The Kier molecular flexibility index (Phi) is 4.71.